The summed E-state index contributed by atoms with van der Waals surface area (Å²) in [7, 11) is 0. The molecule has 0 fully saturated rings. The molecular formula is C12H10F2N2OS2. The third-order valence-corrected chi connectivity index (χ3v) is 3.82. The maximum Gasteiger partial charge on any atom is 0.290 e. The van der Waals surface area contributed by atoms with E-state index in [-0.39, 0.29) is 22.4 Å². The highest BCUT2D eigenvalue weighted by Gasteiger charge is 2.16. The molecule has 2 heterocycles. The van der Waals surface area contributed by atoms with Gasteiger partial charge in [0.15, 0.2) is 0 Å². The van der Waals surface area contributed by atoms with E-state index in [0.717, 1.165) is 4.88 Å². The summed E-state index contributed by atoms with van der Waals surface area (Å²) < 4.78 is 24.7. The Morgan fingerprint density at radius 1 is 1.42 bits per heavy atom. The topological polar surface area (TPSA) is 42.0 Å². The van der Waals surface area contributed by atoms with Crippen molar-refractivity contribution in [1.82, 2.24) is 10.3 Å². The summed E-state index contributed by atoms with van der Waals surface area (Å²) >= 11 is 1.79. The zero-order valence-corrected chi connectivity index (χ0v) is 11.3. The molecule has 2 rings (SSSR count). The van der Waals surface area contributed by atoms with E-state index in [1.807, 2.05) is 17.5 Å². The molecule has 0 aliphatic carbocycles. The number of carbonyl (C=O) groups is 1. The van der Waals surface area contributed by atoms with Crippen LogP contribution in [0.1, 0.15) is 15.2 Å². The number of alkyl halides is 2. The van der Waals surface area contributed by atoms with Gasteiger partial charge in [0.1, 0.15) is 5.03 Å². The summed E-state index contributed by atoms with van der Waals surface area (Å²) in [5.74, 6) is -3.00. The summed E-state index contributed by atoms with van der Waals surface area (Å²) in [6.07, 6.45) is 1.39. The minimum absolute atomic E-state index is 0.0428. The Balaban J connectivity index is 2.06. The van der Waals surface area contributed by atoms with Crippen molar-refractivity contribution in [3.63, 3.8) is 0 Å². The van der Waals surface area contributed by atoms with Gasteiger partial charge in [0.2, 0.25) is 0 Å². The molecule has 3 nitrogen and oxygen atoms in total. The van der Waals surface area contributed by atoms with Crippen LogP contribution in [-0.4, -0.2) is 16.6 Å². The van der Waals surface area contributed by atoms with Crippen LogP contribution in [0.25, 0.3) is 0 Å². The fourth-order valence-electron chi connectivity index (χ4n) is 1.42. The first-order valence-corrected chi connectivity index (χ1v) is 7.13. The fourth-order valence-corrected chi connectivity index (χ4v) is 2.64. The molecular weight excluding hydrogens is 290 g/mol. The van der Waals surface area contributed by atoms with Crippen molar-refractivity contribution >= 4 is 29.0 Å². The number of hydrogen-bond donors (Lipinski definition) is 1. The lowest BCUT2D eigenvalue weighted by Crippen LogP contribution is -2.23. The Labute approximate surface area is 117 Å². The molecule has 0 aromatic carbocycles. The average Bonchev–Trinajstić information content (AvgIpc) is 2.89. The van der Waals surface area contributed by atoms with Crippen molar-refractivity contribution in [3.05, 3.63) is 46.3 Å². The van der Waals surface area contributed by atoms with Gasteiger partial charge in [0, 0.05) is 11.1 Å². The third kappa shape index (κ3) is 4.00. The second-order valence-electron chi connectivity index (χ2n) is 3.50. The van der Waals surface area contributed by atoms with Gasteiger partial charge in [-0.05, 0) is 35.3 Å². The van der Waals surface area contributed by atoms with Gasteiger partial charge in [-0.2, -0.15) is 8.78 Å². The Kier molecular flexibility index (Phi) is 4.86. The number of nitrogens with zero attached hydrogens (tertiary/aromatic N) is 1. The van der Waals surface area contributed by atoms with Crippen LogP contribution in [0.3, 0.4) is 0 Å². The number of halogens is 2. The molecule has 0 spiro atoms. The smallest absolute Gasteiger partial charge is 0.290 e. The molecule has 0 saturated heterocycles. The zero-order valence-electron chi connectivity index (χ0n) is 9.68. The average molecular weight is 300 g/mol. The van der Waals surface area contributed by atoms with Gasteiger partial charge >= 0.3 is 0 Å². The Morgan fingerprint density at radius 2 is 2.26 bits per heavy atom. The highest BCUT2D eigenvalue weighted by Crippen LogP contribution is 2.26. The van der Waals surface area contributed by atoms with Gasteiger partial charge in [0.05, 0.1) is 12.1 Å². The predicted octanol–water partition coefficient (Wildman–Crippen LogP) is 3.39. The lowest BCUT2D eigenvalue weighted by molar-refractivity contribution is 0.0947. The van der Waals surface area contributed by atoms with Crippen LogP contribution in [0, 0.1) is 0 Å². The molecule has 0 radical (unpaired) electrons. The molecule has 0 aliphatic heterocycles. The van der Waals surface area contributed by atoms with Crippen LogP contribution >= 0.6 is 23.1 Å². The van der Waals surface area contributed by atoms with Gasteiger partial charge < -0.3 is 5.32 Å². The molecule has 0 aliphatic rings. The van der Waals surface area contributed by atoms with Gasteiger partial charge in [0.25, 0.3) is 11.7 Å². The number of thioether (sulfide) groups is 1. The monoisotopic (exact) mass is 300 g/mol. The van der Waals surface area contributed by atoms with Gasteiger partial charge in [-0.1, -0.05) is 6.07 Å². The van der Waals surface area contributed by atoms with Crippen LogP contribution in [0.2, 0.25) is 0 Å². The van der Waals surface area contributed by atoms with E-state index in [9.17, 15) is 13.6 Å². The highest BCUT2D eigenvalue weighted by molar-refractivity contribution is 7.99. The summed E-state index contributed by atoms with van der Waals surface area (Å²) in [6, 6.07) is 6.81. The maximum absolute atomic E-state index is 12.4. The van der Waals surface area contributed by atoms with Crippen molar-refractivity contribution in [3.8, 4) is 0 Å². The summed E-state index contributed by atoms with van der Waals surface area (Å²) in [6.45, 7) is 0.379. The normalized spacial score (nSPS) is 10.7. The molecule has 0 atom stereocenters. The van der Waals surface area contributed by atoms with Crippen molar-refractivity contribution in [1.29, 1.82) is 0 Å². The van der Waals surface area contributed by atoms with E-state index in [0.29, 0.717) is 6.54 Å². The maximum atomic E-state index is 12.4. The Morgan fingerprint density at radius 3 is 2.95 bits per heavy atom. The summed E-state index contributed by atoms with van der Waals surface area (Å²) in [5, 5.41) is 4.64. The first-order valence-electron chi connectivity index (χ1n) is 5.37. The minimum Gasteiger partial charge on any atom is -0.347 e. The van der Waals surface area contributed by atoms with E-state index in [4.69, 9.17) is 0 Å². The molecule has 19 heavy (non-hydrogen) atoms. The molecule has 2 aromatic heterocycles. The van der Waals surface area contributed by atoms with Crippen LogP contribution in [0.15, 0.2) is 40.9 Å². The van der Waals surface area contributed by atoms with Crippen LogP contribution in [0.4, 0.5) is 8.78 Å². The number of thiophene rings is 1. The summed E-state index contributed by atoms with van der Waals surface area (Å²) in [5.41, 5.74) is 0.171. The lowest BCUT2D eigenvalue weighted by Gasteiger charge is -2.07. The van der Waals surface area contributed by atoms with Crippen LogP contribution in [-0.2, 0) is 6.54 Å². The first-order chi connectivity index (χ1) is 9.16. The van der Waals surface area contributed by atoms with Crippen molar-refractivity contribution < 1.29 is 13.6 Å². The molecule has 100 valence electrons. The number of amides is 1. The Hall–Kier alpha value is -1.47. The zero-order chi connectivity index (χ0) is 13.7. The molecule has 0 bridgehead atoms. The fraction of sp³-hybridized carbons (Fsp3) is 0.167. The summed E-state index contributed by atoms with van der Waals surface area (Å²) in [4.78, 5) is 16.7. The van der Waals surface area contributed by atoms with Crippen molar-refractivity contribution in [2.45, 2.75) is 17.3 Å². The van der Waals surface area contributed by atoms with E-state index in [2.05, 4.69) is 10.3 Å². The van der Waals surface area contributed by atoms with Crippen molar-refractivity contribution in [2.75, 3.05) is 0 Å². The van der Waals surface area contributed by atoms with E-state index in [1.54, 1.807) is 6.07 Å². The molecule has 0 unspecified atom stereocenters. The highest BCUT2D eigenvalue weighted by atomic mass is 32.2. The Bertz CT molecular complexity index is 546. The number of pyridine rings is 1. The van der Waals surface area contributed by atoms with E-state index >= 15 is 0 Å². The number of rotatable bonds is 5. The molecule has 7 heteroatoms. The predicted molar refractivity (Wildman–Crippen MR) is 71.6 cm³/mol. The van der Waals surface area contributed by atoms with Gasteiger partial charge in [-0.15, -0.1) is 11.3 Å². The number of hydrogen-bond acceptors (Lipinski definition) is 4. The number of carbonyl (C=O) groups excluding carboxylic acids is 1. The molecule has 1 N–H and O–H groups in total. The molecule has 2 aromatic rings. The van der Waals surface area contributed by atoms with Gasteiger partial charge in [-0.25, -0.2) is 4.98 Å². The lowest BCUT2D eigenvalue weighted by atomic mass is 10.2. The number of aromatic nitrogens is 1. The van der Waals surface area contributed by atoms with Crippen molar-refractivity contribution in [2.24, 2.45) is 0 Å². The molecule has 1 amide bonds. The van der Waals surface area contributed by atoms with Crippen LogP contribution < -0.4 is 5.32 Å². The van der Waals surface area contributed by atoms with E-state index < -0.39 is 11.7 Å². The quantitative estimate of drug-likeness (QED) is 0.861. The second kappa shape index (κ2) is 6.63. The van der Waals surface area contributed by atoms with E-state index in [1.165, 1.54) is 23.6 Å². The first kappa shape index (κ1) is 14.0. The van der Waals surface area contributed by atoms with Crippen LogP contribution in [0.5, 0.6) is 0 Å². The number of nitrogens with one attached hydrogen (secondary N) is 1. The second-order valence-corrected chi connectivity index (χ2v) is 5.51. The van der Waals surface area contributed by atoms with Gasteiger partial charge in [-0.3, -0.25) is 4.79 Å². The third-order valence-electron chi connectivity index (χ3n) is 2.22. The standard InChI is InChI=1S/C12H10F2N2OS2/c13-12(14)19-11-9(4-1-5-15-11)10(17)16-7-8-3-2-6-18-8/h1-6,12H,7H2,(H,16,17). The molecule has 0 saturated carbocycles. The SMILES string of the molecule is O=C(NCc1cccs1)c1cccnc1SC(F)F. The largest absolute Gasteiger partial charge is 0.347 e. The minimum atomic E-state index is -2.60.